The van der Waals surface area contributed by atoms with Crippen molar-refractivity contribution in [3.05, 3.63) is 50.0 Å². The zero-order valence-corrected chi connectivity index (χ0v) is 17.5. The number of fused-ring (bicyclic) bond motifs is 1. The lowest BCUT2D eigenvalue weighted by Crippen LogP contribution is -2.42. The van der Waals surface area contributed by atoms with E-state index in [4.69, 9.17) is 4.74 Å². The number of hydrogen-bond donors (Lipinski definition) is 2. The molecule has 1 saturated heterocycles. The third-order valence-corrected chi connectivity index (χ3v) is 7.09. The van der Waals surface area contributed by atoms with Crippen LogP contribution in [0.5, 0.6) is 5.88 Å². The average molecular weight is 496 g/mol. The molecule has 2 aliphatic heterocycles. The lowest BCUT2D eigenvalue weighted by atomic mass is 9.93. The van der Waals surface area contributed by atoms with Gasteiger partial charge in [-0.25, -0.2) is 4.79 Å². The Balaban J connectivity index is 1.57. The van der Waals surface area contributed by atoms with Crippen molar-refractivity contribution >= 4 is 36.5 Å². The minimum atomic E-state index is -0.403. The predicted octanol–water partition coefficient (Wildman–Crippen LogP) is 2.86. The van der Waals surface area contributed by atoms with Crippen LogP contribution in [0.4, 0.5) is 4.79 Å². The number of likely N-dealkylation sites (tertiary alicyclic amines) is 1. The number of aromatic hydroxyl groups is 1. The Hall–Kier alpha value is -2.43. The van der Waals surface area contributed by atoms with Gasteiger partial charge in [0.05, 0.1) is 17.8 Å². The molecule has 2 aromatic heterocycles. The van der Waals surface area contributed by atoms with Gasteiger partial charge < -0.3 is 14.8 Å². The largest absolute Gasteiger partial charge is 0.493 e. The number of allylic oxidation sites excluding steroid dienone is 3. The molecule has 0 bridgehead atoms. The van der Waals surface area contributed by atoms with Gasteiger partial charge in [0, 0.05) is 16.2 Å². The second-order valence-corrected chi connectivity index (χ2v) is 9.72. The Morgan fingerprint density at radius 2 is 2.25 bits per heavy atom. The highest BCUT2D eigenvalue weighted by Crippen LogP contribution is 2.34. The first-order valence-corrected chi connectivity index (χ1v) is 11.4. The van der Waals surface area contributed by atoms with Crippen LogP contribution in [0, 0.1) is 5.92 Å². The zero-order valence-electron chi connectivity index (χ0n) is 15.3. The number of H-pyrrole nitrogens is 1. The van der Waals surface area contributed by atoms with E-state index >= 15 is 0 Å². The third kappa shape index (κ3) is 3.89. The first-order valence-electron chi connectivity index (χ1n) is 9.09. The van der Waals surface area contributed by atoms with Gasteiger partial charge in [0.25, 0.3) is 5.56 Å². The van der Waals surface area contributed by atoms with E-state index in [-0.39, 0.29) is 38.7 Å². The van der Waals surface area contributed by atoms with Crippen LogP contribution in [-0.4, -0.2) is 47.9 Å². The standard InChI is InChI=1S/C19H21IN4O4/c1-12-5-6-15(14-8-16-21-17(25)9-18(26)24(16)22-14)23(10-12)19(27)28-11-13-4-2-3-7-20-13/h2-4,7-9,12,15,26H,5-6,10-11H2,1H3,(H,21,25)/t12-,15-/m0/s1. The van der Waals surface area contributed by atoms with E-state index in [0.29, 0.717) is 30.4 Å². The number of piperidine rings is 1. The summed E-state index contributed by atoms with van der Waals surface area (Å²) < 4.78 is 10.2. The van der Waals surface area contributed by atoms with Gasteiger partial charge in [-0.3, -0.25) is 9.69 Å². The van der Waals surface area contributed by atoms with Crippen LogP contribution in [0.1, 0.15) is 31.5 Å². The molecule has 0 aliphatic carbocycles. The molecule has 2 atom stereocenters. The number of rotatable bonds is 3. The number of hydrogen-bond acceptors (Lipinski definition) is 5. The van der Waals surface area contributed by atoms with Crippen LogP contribution in [0.25, 0.3) is 5.65 Å². The Morgan fingerprint density at radius 3 is 3.04 bits per heavy atom. The van der Waals surface area contributed by atoms with Crippen LogP contribution in [0.3, 0.4) is 0 Å². The van der Waals surface area contributed by atoms with E-state index in [1.54, 1.807) is 11.0 Å². The van der Waals surface area contributed by atoms with Gasteiger partial charge in [-0.05, 0) is 28.8 Å². The van der Waals surface area contributed by atoms with Crippen LogP contribution in [-0.2, 0) is 4.74 Å². The fraction of sp³-hybridized carbons (Fsp3) is 0.368. The summed E-state index contributed by atoms with van der Waals surface area (Å²) in [5.74, 6) is 0.132. The molecule has 9 heteroatoms. The van der Waals surface area contributed by atoms with Crippen molar-refractivity contribution in [2.24, 2.45) is 5.92 Å². The van der Waals surface area contributed by atoms with Crippen molar-refractivity contribution in [1.29, 1.82) is 0 Å². The first kappa shape index (κ1) is 18.9. The van der Waals surface area contributed by atoms with Crippen LogP contribution in [0.15, 0.2) is 38.7 Å². The summed E-state index contributed by atoms with van der Waals surface area (Å²) in [6.07, 6.45) is 7.34. The SMILES string of the molecule is C[C@H]1CC[C@@H](c2cc3[nH]c(=O)cc(O)n3n2)N(C(=O)OCC2=CC=CC=I2)C1. The molecule has 2 aliphatic rings. The molecular formula is C19H21IN4O4. The molecule has 1 amide bonds. The molecule has 148 valence electrons. The number of aromatic amines is 1. The second kappa shape index (κ2) is 7.90. The fourth-order valence-electron chi connectivity index (χ4n) is 3.48. The Kier molecular flexibility index (Phi) is 5.33. The molecule has 4 heterocycles. The molecule has 2 aromatic rings. The van der Waals surface area contributed by atoms with E-state index in [1.165, 1.54) is 4.52 Å². The molecule has 0 saturated carbocycles. The highest BCUT2D eigenvalue weighted by molar-refractivity contribution is 14.2. The van der Waals surface area contributed by atoms with Crippen LogP contribution in [0.2, 0.25) is 0 Å². The van der Waals surface area contributed by atoms with Gasteiger partial charge in [-0.15, -0.1) is 0 Å². The number of carbonyl (C=O) groups is 1. The summed E-state index contributed by atoms with van der Waals surface area (Å²) in [6, 6.07) is 2.52. The van der Waals surface area contributed by atoms with Crippen LogP contribution >= 0.6 is 20.7 Å². The summed E-state index contributed by atoms with van der Waals surface area (Å²) >= 11 is -0.211. The number of amides is 1. The summed E-state index contributed by atoms with van der Waals surface area (Å²) in [5, 5.41) is 14.4. The van der Waals surface area contributed by atoms with Crippen molar-refractivity contribution in [3.63, 3.8) is 0 Å². The van der Waals surface area contributed by atoms with Crippen molar-refractivity contribution in [1.82, 2.24) is 19.5 Å². The van der Waals surface area contributed by atoms with E-state index in [1.807, 2.05) is 18.2 Å². The monoisotopic (exact) mass is 496 g/mol. The molecule has 0 spiro atoms. The van der Waals surface area contributed by atoms with Gasteiger partial charge in [-0.1, -0.05) is 39.8 Å². The van der Waals surface area contributed by atoms with E-state index in [9.17, 15) is 14.7 Å². The van der Waals surface area contributed by atoms with E-state index in [0.717, 1.165) is 22.5 Å². The van der Waals surface area contributed by atoms with Crippen molar-refractivity contribution < 1.29 is 14.6 Å². The predicted molar refractivity (Wildman–Crippen MR) is 114 cm³/mol. The number of halogens is 1. The normalized spacial score (nSPS) is 22.0. The molecule has 2 N–H and O–H groups in total. The Bertz CT molecular complexity index is 1050. The summed E-state index contributed by atoms with van der Waals surface area (Å²) in [6.45, 7) is 3.00. The lowest BCUT2D eigenvalue weighted by molar-refractivity contribution is 0.0661. The maximum absolute atomic E-state index is 12.8. The van der Waals surface area contributed by atoms with Gasteiger partial charge in [-0.2, -0.15) is 9.61 Å². The van der Waals surface area contributed by atoms with Crippen LogP contribution < -0.4 is 5.56 Å². The summed E-state index contributed by atoms with van der Waals surface area (Å²) in [4.78, 5) is 28.8. The Morgan fingerprint density at radius 1 is 1.39 bits per heavy atom. The van der Waals surface area contributed by atoms with Crippen molar-refractivity contribution in [2.75, 3.05) is 13.2 Å². The summed E-state index contributed by atoms with van der Waals surface area (Å²) in [5.41, 5.74) is 0.618. The highest BCUT2D eigenvalue weighted by Gasteiger charge is 2.34. The minimum absolute atomic E-state index is 0.211. The molecule has 28 heavy (non-hydrogen) atoms. The second-order valence-electron chi connectivity index (χ2n) is 7.00. The molecule has 0 radical (unpaired) electrons. The number of carbonyl (C=O) groups excluding carboxylic acids is 1. The van der Waals surface area contributed by atoms with Gasteiger partial charge in [0.2, 0.25) is 5.88 Å². The van der Waals surface area contributed by atoms with Gasteiger partial charge in [0.1, 0.15) is 12.3 Å². The number of ether oxygens (including phenoxy) is 1. The minimum Gasteiger partial charge on any atom is -0.493 e. The smallest absolute Gasteiger partial charge is 0.410 e. The van der Waals surface area contributed by atoms with Gasteiger partial charge >= 0.3 is 6.09 Å². The highest BCUT2D eigenvalue weighted by atomic mass is 127. The van der Waals surface area contributed by atoms with Crippen molar-refractivity contribution in [3.8, 4) is 5.88 Å². The molecular weight excluding hydrogens is 475 g/mol. The van der Waals surface area contributed by atoms with E-state index in [2.05, 4.69) is 21.0 Å². The summed E-state index contributed by atoms with van der Waals surface area (Å²) in [7, 11) is 0. The molecule has 1 fully saturated rings. The molecule has 8 nitrogen and oxygen atoms in total. The maximum atomic E-state index is 12.8. The average Bonchev–Trinajstić information content (AvgIpc) is 3.11. The van der Waals surface area contributed by atoms with Gasteiger partial charge in [0.15, 0.2) is 0 Å². The van der Waals surface area contributed by atoms with E-state index < -0.39 is 5.56 Å². The lowest BCUT2D eigenvalue weighted by Gasteiger charge is -2.37. The number of aromatic nitrogens is 3. The molecule has 0 aromatic carbocycles. The molecule has 4 rings (SSSR count). The maximum Gasteiger partial charge on any atom is 0.410 e. The fourth-order valence-corrected chi connectivity index (χ4v) is 5.14. The third-order valence-electron chi connectivity index (χ3n) is 4.85. The van der Waals surface area contributed by atoms with Crippen molar-refractivity contribution in [2.45, 2.75) is 25.8 Å². The number of nitrogens with one attached hydrogen (secondary N) is 1. The topological polar surface area (TPSA) is 99.9 Å². The first-order chi connectivity index (χ1) is 13.5. The molecule has 0 unspecified atom stereocenters. The quantitative estimate of drug-likeness (QED) is 0.637. The number of nitrogens with zero attached hydrogens (tertiary/aromatic N) is 3. The zero-order chi connectivity index (χ0) is 19.7. The Labute approximate surface area is 171 Å².